The molecular formula is C15H10Cl2F3NO. The van der Waals surface area contributed by atoms with Gasteiger partial charge in [-0.1, -0.05) is 35.3 Å². The van der Waals surface area contributed by atoms with Crippen molar-refractivity contribution in [1.82, 2.24) is 5.32 Å². The van der Waals surface area contributed by atoms with Crippen LogP contribution in [0.1, 0.15) is 21.5 Å². The topological polar surface area (TPSA) is 29.1 Å². The fourth-order valence-electron chi connectivity index (χ4n) is 1.76. The van der Waals surface area contributed by atoms with Gasteiger partial charge < -0.3 is 5.32 Å². The predicted octanol–water partition coefficient (Wildman–Crippen LogP) is 4.94. The molecule has 22 heavy (non-hydrogen) atoms. The Hall–Kier alpha value is -1.72. The van der Waals surface area contributed by atoms with Gasteiger partial charge in [-0.15, -0.1) is 0 Å². The maximum Gasteiger partial charge on any atom is 0.416 e. The molecule has 0 aliphatic carbocycles. The van der Waals surface area contributed by atoms with Gasteiger partial charge in [0.1, 0.15) is 0 Å². The van der Waals surface area contributed by atoms with Crippen LogP contribution in [0.15, 0.2) is 42.5 Å². The minimum absolute atomic E-state index is 0.0831. The van der Waals surface area contributed by atoms with Crippen LogP contribution in [0.5, 0.6) is 0 Å². The molecule has 0 radical (unpaired) electrons. The smallest absolute Gasteiger partial charge is 0.348 e. The van der Waals surface area contributed by atoms with Crippen LogP contribution in [0.25, 0.3) is 0 Å². The lowest BCUT2D eigenvalue weighted by Gasteiger charge is -2.09. The van der Waals surface area contributed by atoms with Crippen LogP contribution in [0.4, 0.5) is 13.2 Å². The molecule has 1 N–H and O–H groups in total. The molecule has 2 rings (SSSR count). The summed E-state index contributed by atoms with van der Waals surface area (Å²) in [5, 5.41) is 3.19. The molecule has 0 saturated heterocycles. The van der Waals surface area contributed by atoms with Crippen molar-refractivity contribution in [3.8, 4) is 0 Å². The minimum atomic E-state index is -4.38. The Morgan fingerprint density at radius 1 is 1.05 bits per heavy atom. The number of carbonyl (C=O) groups excluding carboxylic acids is 1. The summed E-state index contributed by atoms with van der Waals surface area (Å²) in [7, 11) is 0. The van der Waals surface area contributed by atoms with Crippen LogP contribution in [0.2, 0.25) is 10.0 Å². The maximum absolute atomic E-state index is 12.4. The average Bonchev–Trinajstić information content (AvgIpc) is 2.47. The quantitative estimate of drug-likeness (QED) is 0.836. The summed E-state index contributed by atoms with van der Waals surface area (Å²) < 4.78 is 37.3. The van der Waals surface area contributed by atoms with Crippen molar-refractivity contribution < 1.29 is 18.0 Å². The van der Waals surface area contributed by atoms with Crippen molar-refractivity contribution in [2.24, 2.45) is 0 Å². The van der Waals surface area contributed by atoms with Gasteiger partial charge in [-0.2, -0.15) is 13.2 Å². The number of carbonyl (C=O) groups is 1. The van der Waals surface area contributed by atoms with E-state index < -0.39 is 17.6 Å². The van der Waals surface area contributed by atoms with E-state index >= 15 is 0 Å². The number of rotatable bonds is 3. The molecule has 0 aromatic heterocycles. The van der Waals surface area contributed by atoms with Gasteiger partial charge >= 0.3 is 6.18 Å². The third-order valence-electron chi connectivity index (χ3n) is 2.91. The van der Waals surface area contributed by atoms with Gasteiger partial charge in [-0.25, -0.2) is 0 Å². The monoisotopic (exact) mass is 347 g/mol. The molecular weight excluding hydrogens is 338 g/mol. The molecule has 0 heterocycles. The maximum atomic E-state index is 12.4. The number of halogens is 5. The molecule has 0 unspecified atom stereocenters. The van der Waals surface area contributed by atoms with Gasteiger partial charge in [0.2, 0.25) is 0 Å². The second kappa shape index (κ2) is 6.58. The van der Waals surface area contributed by atoms with E-state index in [1.165, 1.54) is 24.3 Å². The van der Waals surface area contributed by atoms with Crippen LogP contribution >= 0.6 is 23.2 Å². The van der Waals surface area contributed by atoms with Crippen molar-refractivity contribution in [3.05, 3.63) is 69.2 Å². The van der Waals surface area contributed by atoms with Crippen LogP contribution in [-0.4, -0.2) is 5.91 Å². The fourth-order valence-corrected chi connectivity index (χ4v) is 2.14. The van der Waals surface area contributed by atoms with E-state index in [1.54, 1.807) is 6.07 Å². The Labute approximate surface area is 134 Å². The van der Waals surface area contributed by atoms with Gasteiger partial charge in [0, 0.05) is 11.6 Å². The van der Waals surface area contributed by atoms with Gasteiger partial charge in [0.05, 0.1) is 16.1 Å². The van der Waals surface area contributed by atoms with E-state index in [1.807, 2.05) is 0 Å². The Morgan fingerprint density at radius 2 is 1.68 bits per heavy atom. The molecule has 0 fully saturated rings. The highest BCUT2D eigenvalue weighted by Crippen LogP contribution is 2.29. The molecule has 0 atom stereocenters. The van der Waals surface area contributed by atoms with Crippen LogP contribution < -0.4 is 5.32 Å². The Balaban J connectivity index is 2.04. The minimum Gasteiger partial charge on any atom is -0.348 e. The summed E-state index contributed by atoms with van der Waals surface area (Å²) in [6, 6.07) is 9.02. The van der Waals surface area contributed by atoms with Gasteiger partial charge in [0.25, 0.3) is 5.91 Å². The van der Waals surface area contributed by atoms with Crippen molar-refractivity contribution in [1.29, 1.82) is 0 Å². The zero-order chi connectivity index (χ0) is 16.3. The highest BCUT2D eigenvalue weighted by Gasteiger charge is 2.29. The van der Waals surface area contributed by atoms with E-state index in [0.717, 1.165) is 12.1 Å². The fraction of sp³-hybridized carbons (Fsp3) is 0.133. The number of hydrogen-bond acceptors (Lipinski definition) is 1. The summed E-state index contributed by atoms with van der Waals surface area (Å²) in [6.45, 7) is 0.0831. The molecule has 0 aliphatic heterocycles. The van der Waals surface area contributed by atoms with Crippen LogP contribution in [0.3, 0.4) is 0 Å². The lowest BCUT2D eigenvalue weighted by Crippen LogP contribution is -2.23. The first-order chi connectivity index (χ1) is 10.3. The third-order valence-corrected chi connectivity index (χ3v) is 3.47. The molecule has 2 aromatic carbocycles. The van der Waals surface area contributed by atoms with E-state index in [9.17, 15) is 18.0 Å². The number of benzene rings is 2. The molecule has 0 bridgehead atoms. The van der Waals surface area contributed by atoms with Crippen molar-refractivity contribution >= 4 is 29.1 Å². The highest BCUT2D eigenvalue weighted by atomic mass is 35.5. The van der Waals surface area contributed by atoms with Gasteiger partial charge in [0.15, 0.2) is 0 Å². The summed E-state index contributed by atoms with van der Waals surface area (Å²) in [5.41, 5.74) is 0.0149. The number of amides is 1. The molecule has 116 valence electrons. The van der Waals surface area contributed by atoms with Crippen molar-refractivity contribution in [2.45, 2.75) is 12.7 Å². The molecule has 0 saturated carbocycles. The van der Waals surface area contributed by atoms with Crippen LogP contribution in [0, 0.1) is 0 Å². The van der Waals surface area contributed by atoms with Gasteiger partial charge in [-0.05, 0) is 35.9 Å². The highest BCUT2D eigenvalue weighted by molar-refractivity contribution is 6.35. The summed E-state index contributed by atoms with van der Waals surface area (Å²) in [5.74, 6) is -0.451. The first kappa shape index (κ1) is 16.6. The standard InChI is InChI=1S/C15H10Cl2F3NO/c16-11-5-6-13(17)12(7-11)14(22)21-8-9-1-3-10(4-2-9)15(18,19)20/h1-7H,8H2,(H,21,22). The van der Waals surface area contributed by atoms with E-state index in [4.69, 9.17) is 23.2 Å². The molecule has 0 spiro atoms. The van der Waals surface area contributed by atoms with E-state index in [-0.39, 0.29) is 17.1 Å². The second-order valence-corrected chi connectivity index (χ2v) is 5.35. The second-order valence-electron chi connectivity index (χ2n) is 4.50. The average molecular weight is 348 g/mol. The largest absolute Gasteiger partial charge is 0.416 e. The van der Waals surface area contributed by atoms with Crippen LogP contribution in [-0.2, 0) is 12.7 Å². The predicted molar refractivity (Wildman–Crippen MR) is 79.1 cm³/mol. The summed E-state index contributed by atoms with van der Waals surface area (Å²) in [6.07, 6.45) is -4.38. The first-order valence-electron chi connectivity index (χ1n) is 6.17. The molecule has 0 aliphatic rings. The van der Waals surface area contributed by atoms with Crippen molar-refractivity contribution in [3.63, 3.8) is 0 Å². The third kappa shape index (κ3) is 4.15. The Kier molecular flexibility index (Phi) is 4.98. The number of hydrogen-bond donors (Lipinski definition) is 1. The lowest BCUT2D eigenvalue weighted by molar-refractivity contribution is -0.137. The van der Waals surface area contributed by atoms with E-state index in [2.05, 4.69) is 5.32 Å². The SMILES string of the molecule is O=C(NCc1ccc(C(F)(F)F)cc1)c1cc(Cl)ccc1Cl. The molecule has 2 aromatic rings. The lowest BCUT2D eigenvalue weighted by atomic mass is 10.1. The first-order valence-corrected chi connectivity index (χ1v) is 6.92. The van der Waals surface area contributed by atoms with Gasteiger partial charge in [-0.3, -0.25) is 4.79 Å². The van der Waals surface area contributed by atoms with Crippen molar-refractivity contribution in [2.75, 3.05) is 0 Å². The number of alkyl halides is 3. The molecule has 2 nitrogen and oxygen atoms in total. The van der Waals surface area contributed by atoms with E-state index in [0.29, 0.717) is 10.6 Å². The Bertz CT molecular complexity index is 684. The Morgan fingerprint density at radius 3 is 2.27 bits per heavy atom. The normalized spacial score (nSPS) is 11.3. The molecule has 1 amide bonds. The zero-order valence-electron chi connectivity index (χ0n) is 11.0. The zero-order valence-corrected chi connectivity index (χ0v) is 12.6. The molecule has 7 heteroatoms. The number of nitrogens with one attached hydrogen (secondary N) is 1. The summed E-state index contributed by atoms with van der Waals surface area (Å²) in [4.78, 5) is 12.0. The summed E-state index contributed by atoms with van der Waals surface area (Å²) >= 11 is 11.7.